The van der Waals surface area contributed by atoms with Crippen LogP contribution in [0, 0.1) is 0 Å². The fourth-order valence-corrected chi connectivity index (χ4v) is 2.02. The van der Waals surface area contributed by atoms with Gasteiger partial charge in [0, 0.05) is 26.2 Å². The van der Waals surface area contributed by atoms with Crippen molar-refractivity contribution in [3.05, 3.63) is 0 Å². The molecule has 10 nitrogen and oxygen atoms in total. The molecule has 0 aliphatic rings. The molecule has 0 bridgehead atoms. The number of aliphatic hydroxyl groups excluding tert-OH is 4. The van der Waals surface area contributed by atoms with Gasteiger partial charge in [0.15, 0.2) is 0 Å². The van der Waals surface area contributed by atoms with Crippen LogP contribution in [0.25, 0.3) is 0 Å². The second-order valence-corrected chi connectivity index (χ2v) is 6.35. The minimum Gasteiger partial charge on any atom is -0.392 e. The van der Waals surface area contributed by atoms with Crippen LogP contribution in [-0.4, -0.2) is 86.0 Å². The van der Waals surface area contributed by atoms with Crippen LogP contribution in [0.15, 0.2) is 0 Å². The zero-order valence-corrected chi connectivity index (χ0v) is 15.2. The van der Waals surface area contributed by atoms with E-state index < -0.39 is 24.4 Å². The van der Waals surface area contributed by atoms with Crippen molar-refractivity contribution in [1.82, 2.24) is 15.0 Å². The second-order valence-electron chi connectivity index (χ2n) is 6.35. The summed E-state index contributed by atoms with van der Waals surface area (Å²) in [5, 5.41) is 44.0. The SMILES string of the molecule is CC(O)CNc1nc(NCC(C)O)nc(N(CC(C)O)CC(C)O)n1. The standard InChI is InChI=1S/C15H30N6O4/c1-9(22)5-16-13-18-14(17-6-10(2)23)20-15(19-13)21(7-11(3)24)8-12(4)25/h9-12,22-25H,5-8H2,1-4H3,(H2,16,17,18,19,20). The molecule has 0 radical (unpaired) electrons. The van der Waals surface area contributed by atoms with Gasteiger partial charge in [-0.3, -0.25) is 0 Å². The summed E-state index contributed by atoms with van der Waals surface area (Å²) in [5.74, 6) is 0.776. The van der Waals surface area contributed by atoms with Crippen molar-refractivity contribution in [2.75, 3.05) is 41.7 Å². The summed E-state index contributed by atoms with van der Waals surface area (Å²) in [6.07, 6.45) is -2.45. The molecular weight excluding hydrogens is 328 g/mol. The normalized spacial score (nSPS) is 16.0. The average Bonchev–Trinajstić information content (AvgIpc) is 2.49. The Bertz CT molecular complexity index is 473. The van der Waals surface area contributed by atoms with E-state index in [0.29, 0.717) is 0 Å². The number of anilines is 3. The average molecular weight is 358 g/mol. The van der Waals surface area contributed by atoms with Gasteiger partial charge in [-0.2, -0.15) is 15.0 Å². The molecule has 1 aromatic heterocycles. The van der Waals surface area contributed by atoms with Gasteiger partial charge in [-0.1, -0.05) is 0 Å². The lowest BCUT2D eigenvalue weighted by molar-refractivity contribution is 0.177. The largest absolute Gasteiger partial charge is 0.392 e. The number of rotatable bonds is 11. The summed E-state index contributed by atoms with van der Waals surface area (Å²) in [4.78, 5) is 14.4. The predicted molar refractivity (Wildman–Crippen MR) is 95.7 cm³/mol. The van der Waals surface area contributed by atoms with Gasteiger partial charge in [0.1, 0.15) is 0 Å². The van der Waals surface area contributed by atoms with E-state index in [9.17, 15) is 20.4 Å². The molecule has 1 heterocycles. The zero-order chi connectivity index (χ0) is 19.0. The van der Waals surface area contributed by atoms with Crippen LogP contribution in [0.2, 0.25) is 0 Å². The van der Waals surface area contributed by atoms with Crippen molar-refractivity contribution in [2.45, 2.75) is 52.1 Å². The van der Waals surface area contributed by atoms with Crippen molar-refractivity contribution in [1.29, 1.82) is 0 Å². The molecule has 0 saturated heterocycles. The molecule has 4 atom stereocenters. The predicted octanol–water partition coefficient (Wildman–Crippen LogP) is -0.975. The van der Waals surface area contributed by atoms with E-state index in [0.717, 1.165) is 0 Å². The minimum absolute atomic E-state index is 0.237. The highest BCUT2D eigenvalue weighted by molar-refractivity contribution is 5.44. The highest BCUT2D eigenvalue weighted by Crippen LogP contribution is 2.15. The lowest BCUT2D eigenvalue weighted by Crippen LogP contribution is -2.38. The smallest absolute Gasteiger partial charge is 0.232 e. The topological polar surface area (TPSA) is 147 Å². The Hall–Kier alpha value is -1.75. The molecular formula is C15H30N6O4. The lowest BCUT2D eigenvalue weighted by Gasteiger charge is -2.26. The summed E-state index contributed by atoms with van der Waals surface area (Å²) < 4.78 is 0. The molecule has 6 N–H and O–H groups in total. The summed E-state index contributed by atoms with van der Waals surface area (Å²) in [6.45, 7) is 7.52. The first-order valence-corrected chi connectivity index (χ1v) is 8.38. The molecule has 25 heavy (non-hydrogen) atoms. The molecule has 10 heteroatoms. The number of aliphatic hydroxyl groups is 4. The van der Waals surface area contributed by atoms with Gasteiger partial charge >= 0.3 is 0 Å². The first-order chi connectivity index (χ1) is 11.7. The first-order valence-electron chi connectivity index (χ1n) is 8.38. The Morgan fingerprint density at radius 1 is 0.720 bits per heavy atom. The summed E-state index contributed by atoms with van der Waals surface area (Å²) in [5.41, 5.74) is 0. The van der Waals surface area contributed by atoms with Crippen LogP contribution in [-0.2, 0) is 0 Å². The highest BCUT2D eigenvalue weighted by atomic mass is 16.3. The molecule has 1 rings (SSSR count). The Morgan fingerprint density at radius 3 is 1.44 bits per heavy atom. The van der Waals surface area contributed by atoms with Crippen molar-refractivity contribution in [3.63, 3.8) is 0 Å². The van der Waals surface area contributed by atoms with E-state index in [4.69, 9.17) is 0 Å². The quantitative estimate of drug-likeness (QED) is 0.292. The number of hydrogen-bond acceptors (Lipinski definition) is 10. The molecule has 0 fully saturated rings. The van der Waals surface area contributed by atoms with E-state index in [1.807, 2.05) is 0 Å². The van der Waals surface area contributed by atoms with Crippen molar-refractivity contribution in [3.8, 4) is 0 Å². The van der Waals surface area contributed by atoms with E-state index in [-0.39, 0.29) is 44.0 Å². The number of aromatic nitrogens is 3. The maximum atomic E-state index is 9.70. The molecule has 0 amide bonds. The van der Waals surface area contributed by atoms with Gasteiger partial charge in [-0.25, -0.2) is 0 Å². The van der Waals surface area contributed by atoms with Crippen molar-refractivity contribution < 1.29 is 20.4 Å². The maximum Gasteiger partial charge on any atom is 0.232 e. The number of hydrogen-bond donors (Lipinski definition) is 6. The molecule has 0 aliphatic carbocycles. The number of nitrogens with one attached hydrogen (secondary N) is 2. The summed E-state index contributed by atoms with van der Waals surface area (Å²) >= 11 is 0. The fraction of sp³-hybridized carbons (Fsp3) is 0.800. The van der Waals surface area contributed by atoms with Gasteiger partial charge in [-0.05, 0) is 27.7 Å². The Balaban J connectivity index is 3.09. The van der Waals surface area contributed by atoms with Crippen LogP contribution < -0.4 is 15.5 Å². The van der Waals surface area contributed by atoms with E-state index >= 15 is 0 Å². The zero-order valence-electron chi connectivity index (χ0n) is 15.2. The van der Waals surface area contributed by atoms with Gasteiger partial charge < -0.3 is 36.0 Å². The first kappa shape index (κ1) is 21.3. The van der Waals surface area contributed by atoms with Gasteiger partial charge in [0.05, 0.1) is 24.4 Å². The van der Waals surface area contributed by atoms with Crippen molar-refractivity contribution in [2.24, 2.45) is 0 Å². The van der Waals surface area contributed by atoms with E-state index in [2.05, 4.69) is 25.6 Å². The third-order valence-corrected chi connectivity index (χ3v) is 2.99. The maximum absolute atomic E-state index is 9.70. The Morgan fingerprint density at radius 2 is 1.12 bits per heavy atom. The second kappa shape index (κ2) is 10.3. The Labute approximate surface area is 148 Å². The van der Waals surface area contributed by atoms with Gasteiger partial charge in [-0.15, -0.1) is 0 Å². The molecule has 0 aliphatic heterocycles. The van der Waals surface area contributed by atoms with Crippen molar-refractivity contribution >= 4 is 17.8 Å². The fourth-order valence-electron chi connectivity index (χ4n) is 2.02. The molecule has 1 aromatic rings. The monoisotopic (exact) mass is 358 g/mol. The van der Waals surface area contributed by atoms with E-state index in [1.54, 1.807) is 32.6 Å². The number of nitrogens with zero attached hydrogens (tertiary/aromatic N) is 4. The molecule has 4 unspecified atom stereocenters. The van der Waals surface area contributed by atoms with Gasteiger partial charge in [0.25, 0.3) is 0 Å². The van der Waals surface area contributed by atoms with Crippen LogP contribution in [0.1, 0.15) is 27.7 Å². The third kappa shape index (κ3) is 8.77. The molecule has 0 aromatic carbocycles. The third-order valence-electron chi connectivity index (χ3n) is 2.99. The van der Waals surface area contributed by atoms with Crippen LogP contribution >= 0.6 is 0 Å². The molecule has 144 valence electrons. The van der Waals surface area contributed by atoms with Crippen LogP contribution in [0.5, 0.6) is 0 Å². The van der Waals surface area contributed by atoms with Crippen LogP contribution in [0.4, 0.5) is 17.8 Å². The summed E-state index contributed by atoms with van der Waals surface area (Å²) in [6, 6.07) is 0. The molecule has 0 saturated carbocycles. The van der Waals surface area contributed by atoms with Gasteiger partial charge in [0.2, 0.25) is 17.8 Å². The summed E-state index contributed by atoms with van der Waals surface area (Å²) in [7, 11) is 0. The van der Waals surface area contributed by atoms with Crippen LogP contribution in [0.3, 0.4) is 0 Å². The Kier molecular flexibility index (Phi) is 8.76. The minimum atomic E-state index is -0.640. The van der Waals surface area contributed by atoms with E-state index in [1.165, 1.54) is 0 Å². The lowest BCUT2D eigenvalue weighted by atomic mass is 10.3. The highest BCUT2D eigenvalue weighted by Gasteiger charge is 2.17. The molecule has 0 spiro atoms.